The van der Waals surface area contributed by atoms with Crippen molar-refractivity contribution in [2.24, 2.45) is 0 Å². The Labute approximate surface area is 193 Å². The summed E-state index contributed by atoms with van der Waals surface area (Å²) in [5.74, 6) is -1.44. The van der Waals surface area contributed by atoms with Gasteiger partial charge in [0.15, 0.2) is 0 Å². The molecule has 5 rings (SSSR count). The van der Waals surface area contributed by atoms with Crippen LogP contribution in [0.1, 0.15) is 52.3 Å². The number of benzene rings is 2. The summed E-state index contributed by atoms with van der Waals surface area (Å²) in [5.41, 5.74) is 6.66. The molecule has 1 amide bonds. The first-order chi connectivity index (χ1) is 16.0. The largest absolute Gasteiger partial charge is 0.507 e. The number of nitrogens with zero attached hydrogens (tertiary/aromatic N) is 2. The van der Waals surface area contributed by atoms with Crippen LogP contribution in [0, 0.1) is 13.8 Å². The third-order valence-corrected chi connectivity index (χ3v) is 6.86. The van der Waals surface area contributed by atoms with E-state index >= 15 is 0 Å². The summed E-state index contributed by atoms with van der Waals surface area (Å²) in [4.78, 5) is 32.2. The highest BCUT2D eigenvalue weighted by molar-refractivity contribution is 6.51. The lowest BCUT2D eigenvalue weighted by atomic mass is 9.89. The highest BCUT2D eigenvalue weighted by atomic mass is 16.3. The van der Waals surface area contributed by atoms with Crippen LogP contribution in [0.15, 0.2) is 66.5 Å². The minimum absolute atomic E-state index is 0.111. The summed E-state index contributed by atoms with van der Waals surface area (Å²) in [6.45, 7) is 3.98. The first-order valence-corrected chi connectivity index (χ1v) is 11.4. The Morgan fingerprint density at radius 2 is 1.64 bits per heavy atom. The van der Waals surface area contributed by atoms with E-state index < -0.39 is 17.7 Å². The molecule has 2 aromatic carbocycles. The maximum absolute atomic E-state index is 13.3. The fourth-order valence-corrected chi connectivity index (χ4v) is 4.87. The van der Waals surface area contributed by atoms with Crippen molar-refractivity contribution in [2.75, 3.05) is 4.90 Å². The number of aliphatic hydroxyl groups excluding tert-OH is 1. The monoisotopic (exact) mass is 438 g/mol. The average Bonchev–Trinajstić information content (AvgIpc) is 3.11. The molecule has 3 aromatic rings. The lowest BCUT2D eigenvalue weighted by Crippen LogP contribution is -2.29. The Morgan fingerprint density at radius 1 is 0.909 bits per heavy atom. The SMILES string of the molecule is Cc1ccc(N2C(=O)C(=O)/C(=C(\O)c3ccc4c(c3)CCCC4)C2c2ccncc2)cc1C. The molecule has 166 valence electrons. The summed E-state index contributed by atoms with van der Waals surface area (Å²) >= 11 is 0. The quantitative estimate of drug-likeness (QED) is 0.346. The summed E-state index contributed by atoms with van der Waals surface area (Å²) in [6, 6.07) is 14.4. The molecular formula is C28H26N2O3. The van der Waals surface area contributed by atoms with Crippen molar-refractivity contribution in [3.63, 3.8) is 0 Å². The van der Waals surface area contributed by atoms with E-state index in [1.165, 1.54) is 22.4 Å². The van der Waals surface area contributed by atoms with Crippen LogP contribution >= 0.6 is 0 Å². The molecule has 1 atom stereocenters. The normalized spacial score (nSPS) is 19.6. The fraction of sp³-hybridized carbons (Fsp3) is 0.250. The number of ketones is 1. The van der Waals surface area contributed by atoms with Crippen LogP contribution in [0.5, 0.6) is 0 Å². The van der Waals surface area contributed by atoms with Gasteiger partial charge in [-0.3, -0.25) is 19.5 Å². The van der Waals surface area contributed by atoms with E-state index in [9.17, 15) is 14.7 Å². The van der Waals surface area contributed by atoms with Crippen LogP contribution in [0.4, 0.5) is 5.69 Å². The van der Waals surface area contributed by atoms with Crippen molar-refractivity contribution in [2.45, 2.75) is 45.6 Å². The maximum Gasteiger partial charge on any atom is 0.300 e. The molecule has 5 heteroatoms. The topological polar surface area (TPSA) is 70.5 Å². The lowest BCUT2D eigenvalue weighted by Gasteiger charge is -2.26. The van der Waals surface area contributed by atoms with Gasteiger partial charge in [0, 0.05) is 23.6 Å². The van der Waals surface area contributed by atoms with E-state index in [2.05, 4.69) is 4.98 Å². The minimum atomic E-state index is -0.730. The highest BCUT2D eigenvalue weighted by Gasteiger charge is 2.47. The summed E-state index contributed by atoms with van der Waals surface area (Å²) < 4.78 is 0. The summed E-state index contributed by atoms with van der Waals surface area (Å²) in [7, 11) is 0. The van der Waals surface area contributed by atoms with E-state index in [1.54, 1.807) is 24.5 Å². The van der Waals surface area contributed by atoms with Crippen LogP contribution in [0.3, 0.4) is 0 Å². The van der Waals surface area contributed by atoms with Gasteiger partial charge in [-0.1, -0.05) is 18.2 Å². The Balaban J connectivity index is 1.69. The zero-order valence-electron chi connectivity index (χ0n) is 18.8. The minimum Gasteiger partial charge on any atom is -0.507 e. The van der Waals surface area contributed by atoms with E-state index in [-0.39, 0.29) is 11.3 Å². The number of aromatic nitrogens is 1. The Kier molecular flexibility index (Phi) is 5.33. The zero-order valence-corrected chi connectivity index (χ0v) is 18.8. The first-order valence-electron chi connectivity index (χ1n) is 11.4. The van der Waals surface area contributed by atoms with Crippen LogP contribution in [0.25, 0.3) is 5.76 Å². The number of carbonyl (C=O) groups excluding carboxylic acids is 2. The van der Waals surface area contributed by atoms with Crippen LogP contribution in [-0.2, 0) is 22.4 Å². The number of pyridine rings is 1. The molecule has 2 aliphatic rings. The number of fused-ring (bicyclic) bond motifs is 1. The molecule has 33 heavy (non-hydrogen) atoms. The van der Waals surface area contributed by atoms with Gasteiger partial charge in [0.25, 0.3) is 11.7 Å². The molecule has 1 aliphatic carbocycles. The van der Waals surface area contributed by atoms with E-state index in [0.717, 1.165) is 36.0 Å². The van der Waals surface area contributed by atoms with Gasteiger partial charge in [-0.25, -0.2) is 0 Å². The van der Waals surface area contributed by atoms with E-state index in [4.69, 9.17) is 0 Å². The van der Waals surface area contributed by atoms with E-state index in [1.807, 2.05) is 50.2 Å². The molecule has 0 bridgehead atoms. The number of rotatable bonds is 3. The molecule has 1 aliphatic heterocycles. The van der Waals surface area contributed by atoms with Gasteiger partial charge in [0.2, 0.25) is 0 Å². The number of carbonyl (C=O) groups is 2. The molecule has 1 N–H and O–H groups in total. The van der Waals surface area contributed by atoms with Gasteiger partial charge < -0.3 is 5.11 Å². The molecule has 0 spiro atoms. The van der Waals surface area contributed by atoms with Crippen molar-refractivity contribution in [3.8, 4) is 0 Å². The number of amides is 1. The molecule has 1 saturated heterocycles. The number of Topliss-reactive ketones (excluding diaryl/α,β-unsaturated/α-hetero) is 1. The van der Waals surface area contributed by atoms with Gasteiger partial charge >= 0.3 is 0 Å². The maximum atomic E-state index is 13.3. The van der Waals surface area contributed by atoms with Crippen molar-refractivity contribution in [1.82, 2.24) is 4.98 Å². The first kappa shape index (κ1) is 21.1. The second-order valence-corrected chi connectivity index (χ2v) is 8.91. The molecule has 2 heterocycles. The lowest BCUT2D eigenvalue weighted by molar-refractivity contribution is -0.132. The van der Waals surface area contributed by atoms with Gasteiger partial charge in [0.05, 0.1) is 11.6 Å². The van der Waals surface area contributed by atoms with E-state index in [0.29, 0.717) is 11.3 Å². The third kappa shape index (κ3) is 3.63. The second kappa shape index (κ2) is 8.32. The second-order valence-electron chi connectivity index (χ2n) is 8.91. The fourth-order valence-electron chi connectivity index (χ4n) is 4.87. The predicted octanol–water partition coefficient (Wildman–Crippen LogP) is 5.20. The molecule has 1 unspecified atom stereocenters. The smallest absolute Gasteiger partial charge is 0.300 e. The Hall–Kier alpha value is -3.73. The Morgan fingerprint density at radius 3 is 2.36 bits per heavy atom. The number of anilines is 1. The standard InChI is InChI=1S/C28H26N2O3/c1-17-7-10-23(15-18(17)2)30-25(20-11-13-29-14-12-20)24(27(32)28(30)33)26(31)22-9-8-19-5-3-4-6-21(19)16-22/h7-16,25,31H,3-6H2,1-2H3/b26-24-. The summed E-state index contributed by atoms with van der Waals surface area (Å²) in [6.07, 6.45) is 7.54. The molecule has 0 saturated carbocycles. The van der Waals surface area contributed by atoms with Crippen molar-refractivity contribution < 1.29 is 14.7 Å². The van der Waals surface area contributed by atoms with Gasteiger partial charge in [-0.05, 0) is 97.7 Å². The van der Waals surface area contributed by atoms with Crippen LogP contribution in [0.2, 0.25) is 0 Å². The number of aliphatic hydroxyl groups is 1. The highest BCUT2D eigenvalue weighted by Crippen LogP contribution is 2.42. The zero-order chi connectivity index (χ0) is 23.1. The number of hydrogen-bond acceptors (Lipinski definition) is 4. The van der Waals surface area contributed by atoms with Crippen molar-refractivity contribution >= 4 is 23.1 Å². The number of hydrogen-bond donors (Lipinski definition) is 1. The molecule has 5 nitrogen and oxygen atoms in total. The predicted molar refractivity (Wildman–Crippen MR) is 128 cm³/mol. The van der Waals surface area contributed by atoms with Crippen molar-refractivity contribution in [1.29, 1.82) is 0 Å². The average molecular weight is 439 g/mol. The van der Waals surface area contributed by atoms with Crippen LogP contribution < -0.4 is 4.90 Å². The molecular weight excluding hydrogens is 412 g/mol. The van der Waals surface area contributed by atoms with Crippen molar-refractivity contribution in [3.05, 3.63) is 99.9 Å². The van der Waals surface area contributed by atoms with Crippen LogP contribution in [-0.4, -0.2) is 21.8 Å². The molecule has 1 aromatic heterocycles. The van der Waals surface area contributed by atoms with Gasteiger partial charge in [-0.2, -0.15) is 0 Å². The third-order valence-electron chi connectivity index (χ3n) is 6.86. The molecule has 0 radical (unpaired) electrons. The number of aryl methyl sites for hydroxylation is 4. The van der Waals surface area contributed by atoms with Gasteiger partial charge in [0.1, 0.15) is 5.76 Å². The summed E-state index contributed by atoms with van der Waals surface area (Å²) in [5, 5.41) is 11.4. The molecule has 1 fully saturated rings. The van der Waals surface area contributed by atoms with Gasteiger partial charge in [-0.15, -0.1) is 0 Å². The Bertz CT molecular complexity index is 1290.